The minimum atomic E-state index is -0.987. The molecule has 1 heterocycles. The van der Waals surface area contributed by atoms with Crippen LogP contribution < -0.4 is 4.74 Å². The van der Waals surface area contributed by atoms with Gasteiger partial charge in [-0.05, 0) is 142 Å². The number of fused-ring (bicyclic) bond motifs is 2. The van der Waals surface area contributed by atoms with Crippen LogP contribution in [0, 0.1) is 0 Å². The van der Waals surface area contributed by atoms with Gasteiger partial charge in [0.05, 0.1) is 11.1 Å². The summed E-state index contributed by atoms with van der Waals surface area (Å²) in [6.45, 7) is 19.7. The number of carboxylic acid groups (broad SMARTS) is 2. The molecule has 1 aliphatic heterocycles. The number of aryl methyl sites for hydroxylation is 1. The predicted molar refractivity (Wildman–Crippen MR) is 170 cm³/mol. The van der Waals surface area contributed by atoms with E-state index in [-0.39, 0.29) is 5.56 Å². The van der Waals surface area contributed by atoms with E-state index in [0.717, 1.165) is 61.0 Å². The summed E-state index contributed by atoms with van der Waals surface area (Å²) < 4.78 is 6.34. The number of unbranched alkanes of at least 4 members (excludes halogenated alkanes) is 2. The Morgan fingerprint density at radius 2 is 1.29 bits per heavy atom. The zero-order valence-electron chi connectivity index (χ0n) is 27.0. The molecule has 0 bridgehead atoms. The lowest BCUT2D eigenvalue weighted by Gasteiger charge is -2.31. The van der Waals surface area contributed by atoms with Gasteiger partial charge in [0.15, 0.2) is 0 Å². The smallest absolute Gasteiger partial charge is 0.336 e. The SMILES string of the molecule is CC(C)N(CCCCc1cc2c(c(CCCCN(C(C)C)C(C)C)c1C(=O)O)Cc1cc(C(=O)O)ccc1O2)C(C)C. The van der Waals surface area contributed by atoms with Crippen molar-refractivity contribution in [3.8, 4) is 11.5 Å². The molecule has 0 aromatic heterocycles. The van der Waals surface area contributed by atoms with Crippen LogP contribution in [0.4, 0.5) is 0 Å². The Balaban J connectivity index is 1.92. The molecule has 0 atom stereocenters. The first-order chi connectivity index (χ1) is 19.8. The largest absolute Gasteiger partial charge is 0.478 e. The van der Waals surface area contributed by atoms with Crippen LogP contribution in [0.1, 0.15) is 124 Å². The fraction of sp³-hybridized carbons (Fsp3) is 0.600. The van der Waals surface area contributed by atoms with Gasteiger partial charge < -0.3 is 14.9 Å². The van der Waals surface area contributed by atoms with Gasteiger partial charge in [-0.25, -0.2) is 9.59 Å². The second-order valence-electron chi connectivity index (χ2n) is 12.8. The van der Waals surface area contributed by atoms with Crippen LogP contribution in [0.3, 0.4) is 0 Å². The number of carbonyl (C=O) groups is 2. The van der Waals surface area contributed by atoms with Crippen LogP contribution in [-0.2, 0) is 19.3 Å². The summed E-state index contributed by atoms with van der Waals surface area (Å²) in [5, 5.41) is 20.0. The standard InChI is InChI=1S/C35H52N2O5/c1-22(2)36(23(3)4)17-11-9-13-26-21-32-30(20-28-19-27(34(38)39)15-16-31(28)42-32)29(33(26)35(40)41)14-10-12-18-37(24(5)6)25(7)8/h15-16,19,21-25H,9-14,17-18,20H2,1-8H3,(H,38,39)(H,40,41). The highest BCUT2D eigenvalue weighted by Gasteiger charge is 2.28. The lowest BCUT2D eigenvalue weighted by molar-refractivity contribution is 0.0684. The van der Waals surface area contributed by atoms with E-state index in [1.165, 1.54) is 0 Å². The van der Waals surface area contributed by atoms with Gasteiger partial charge in [0, 0.05) is 41.7 Å². The molecule has 0 fully saturated rings. The predicted octanol–water partition coefficient (Wildman–Crippen LogP) is 7.66. The van der Waals surface area contributed by atoms with Gasteiger partial charge >= 0.3 is 11.9 Å². The molecule has 42 heavy (non-hydrogen) atoms. The van der Waals surface area contributed by atoms with Crippen LogP contribution in [0.15, 0.2) is 24.3 Å². The second-order valence-corrected chi connectivity index (χ2v) is 12.8. The van der Waals surface area contributed by atoms with Crippen molar-refractivity contribution in [1.82, 2.24) is 9.80 Å². The van der Waals surface area contributed by atoms with Crippen LogP contribution in [0.2, 0.25) is 0 Å². The number of ether oxygens (including phenoxy) is 1. The molecule has 232 valence electrons. The molecule has 7 nitrogen and oxygen atoms in total. The number of carboxylic acids is 2. The van der Waals surface area contributed by atoms with Gasteiger partial charge in [0.25, 0.3) is 0 Å². The minimum absolute atomic E-state index is 0.205. The first kappa shape index (κ1) is 33.6. The van der Waals surface area contributed by atoms with Crippen molar-refractivity contribution in [2.75, 3.05) is 13.1 Å². The molecule has 0 saturated carbocycles. The van der Waals surface area contributed by atoms with Gasteiger partial charge in [-0.1, -0.05) is 0 Å². The fourth-order valence-electron chi connectivity index (χ4n) is 6.53. The Morgan fingerprint density at radius 1 is 0.738 bits per heavy atom. The average molecular weight is 581 g/mol. The summed E-state index contributed by atoms with van der Waals surface area (Å²) in [6, 6.07) is 8.68. The molecule has 1 aliphatic rings. The zero-order chi connectivity index (χ0) is 31.1. The Bertz CT molecular complexity index is 1220. The van der Waals surface area contributed by atoms with E-state index >= 15 is 0 Å². The third-order valence-electron chi connectivity index (χ3n) is 8.56. The summed E-state index contributed by atoms with van der Waals surface area (Å²) in [6.07, 6.45) is 5.50. The monoisotopic (exact) mass is 580 g/mol. The topological polar surface area (TPSA) is 90.3 Å². The van der Waals surface area contributed by atoms with E-state index in [2.05, 4.69) is 65.2 Å². The molecule has 2 aromatic rings. The van der Waals surface area contributed by atoms with Crippen LogP contribution >= 0.6 is 0 Å². The van der Waals surface area contributed by atoms with Gasteiger partial charge in [-0.15, -0.1) is 0 Å². The summed E-state index contributed by atoms with van der Waals surface area (Å²) in [5.74, 6) is -0.539. The fourth-order valence-corrected chi connectivity index (χ4v) is 6.53. The number of rotatable bonds is 16. The number of aromatic carboxylic acids is 2. The van der Waals surface area contributed by atoms with Crippen molar-refractivity contribution in [2.45, 2.75) is 125 Å². The number of nitrogens with zero attached hydrogens (tertiary/aromatic N) is 2. The minimum Gasteiger partial charge on any atom is -0.478 e. The molecule has 0 radical (unpaired) electrons. The first-order valence-corrected chi connectivity index (χ1v) is 15.8. The number of hydrogen-bond acceptors (Lipinski definition) is 5. The highest BCUT2D eigenvalue weighted by Crippen LogP contribution is 2.42. The van der Waals surface area contributed by atoms with E-state index in [9.17, 15) is 19.8 Å². The lowest BCUT2D eigenvalue weighted by Crippen LogP contribution is -2.37. The summed E-state index contributed by atoms with van der Waals surface area (Å²) in [7, 11) is 0. The first-order valence-electron chi connectivity index (χ1n) is 15.8. The van der Waals surface area contributed by atoms with Crippen LogP contribution in [0.25, 0.3) is 0 Å². The van der Waals surface area contributed by atoms with Crippen molar-refractivity contribution in [2.24, 2.45) is 0 Å². The van der Waals surface area contributed by atoms with Crippen LogP contribution in [0.5, 0.6) is 11.5 Å². The molecule has 0 saturated heterocycles. The summed E-state index contributed by atoms with van der Waals surface area (Å²) >= 11 is 0. The summed E-state index contributed by atoms with van der Waals surface area (Å²) in [4.78, 5) is 29.4. The molecule has 2 N–H and O–H groups in total. The Kier molecular flexibility index (Phi) is 12.0. The van der Waals surface area contributed by atoms with E-state index in [4.69, 9.17) is 4.74 Å². The third-order valence-corrected chi connectivity index (χ3v) is 8.56. The third kappa shape index (κ3) is 8.35. The van der Waals surface area contributed by atoms with Crippen molar-refractivity contribution in [3.63, 3.8) is 0 Å². The molecular weight excluding hydrogens is 528 g/mol. The van der Waals surface area contributed by atoms with Crippen molar-refractivity contribution in [3.05, 3.63) is 57.6 Å². The number of benzene rings is 2. The van der Waals surface area contributed by atoms with E-state index in [0.29, 0.717) is 60.5 Å². The normalized spacial score (nSPS) is 12.9. The maximum Gasteiger partial charge on any atom is 0.336 e. The highest BCUT2D eigenvalue weighted by atomic mass is 16.5. The van der Waals surface area contributed by atoms with Gasteiger partial charge in [-0.2, -0.15) is 0 Å². The Morgan fingerprint density at radius 3 is 1.79 bits per heavy atom. The molecule has 0 aliphatic carbocycles. The van der Waals surface area contributed by atoms with Crippen molar-refractivity contribution >= 4 is 11.9 Å². The Labute approximate surface area is 252 Å². The average Bonchev–Trinajstić information content (AvgIpc) is 2.90. The lowest BCUT2D eigenvalue weighted by atomic mass is 9.85. The highest BCUT2D eigenvalue weighted by molar-refractivity contribution is 5.92. The van der Waals surface area contributed by atoms with Gasteiger partial charge in [0.2, 0.25) is 0 Å². The van der Waals surface area contributed by atoms with Crippen molar-refractivity contribution in [1.29, 1.82) is 0 Å². The molecule has 0 unspecified atom stereocenters. The maximum absolute atomic E-state index is 12.8. The second kappa shape index (κ2) is 15.0. The van der Waals surface area contributed by atoms with Gasteiger partial charge in [-0.3, -0.25) is 9.80 Å². The molecule has 0 spiro atoms. The summed E-state index contributed by atoms with van der Waals surface area (Å²) in [5.41, 5.74) is 3.94. The number of hydrogen-bond donors (Lipinski definition) is 2. The quantitative estimate of drug-likeness (QED) is 0.168. The van der Waals surface area contributed by atoms with E-state index < -0.39 is 11.9 Å². The zero-order valence-corrected chi connectivity index (χ0v) is 27.0. The van der Waals surface area contributed by atoms with Crippen molar-refractivity contribution < 1.29 is 24.5 Å². The molecule has 3 rings (SSSR count). The Hall–Kier alpha value is -2.90. The van der Waals surface area contributed by atoms with Gasteiger partial charge in [0.1, 0.15) is 11.5 Å². The maximum atomic E-state index is 12.8. The van der Waals surface area contributed by atoms with E-state index in [1.807, 2.05) is 6.07 Å². The molecule has 0 amide bonds. The molecule has 7 heteroatoms. The van der Waals surface area contributed by atoms with Crippen LogP contribution in [-0.4, -0.2) is 69.2 Å². The molecule has 2 aromatic carbocycles. The van der Waals surface area contributed by atoms with E-state index in [1.54, 1.807) is 18.2 Å². The molecular formula is C35H52N2O5.